The minimum atomic E-state index is -1.09. The van der Waals surface area contributed by atoms with Gasteiger partial charge < -0.3 is 20.6 Å². The zero-order valence-electron chi connectivity index (χ0n) is 35.2. The molecule has 0 bridgehead atoms. The van der Waals surface area contributed by atoms with Gasteiger partial charge in [-0.3, -0.25) is 4.79 Å². The van der Waals surface area contributed by atoms with Crippen LogP contribution in [-0.2, 0) is 4.79 Å². The fraction of sp³-hybridized carbons (Fsp3) is 0.936. The average molecular weight is 736 g/mol. The zero-order valence-corrected chi connectivity index (χ0v) is 35.2. The molecule has 310 valence electrons. The molecule has 5 nitrogen and oxygen atoms in total. The summed E-state index contributed by atoms with van der Waals surface area (Å²) in [7, 11) is 0. The summed E-state index contributed by atoms with van der Waals surface area (Å²) in [4.78, 5) is 12.5. The fourth-order valence-corrected chi connectivity index (χ4v) is 7.42. The van der Waals surface area contributed by atoms with Crippen LogP contribution in [0.4, 0.5) is 0 Å². The van der Waals surface area contributed by atoms with Gasteiger partial charge in [-0.05, 0) is 19.3 Å². The lowest BCUT2D eigenvalue weighted by molar-refractivity contribution is -0.131. The van der Waals surface area contributed by atoms with Gasteiger partial charge in [-0.25, -0.2) is 0 Å². The molecule has 0 aromatic rings. The van der Waals surface area contributed by atoms with Crippen molar-refractivity contribution in [2.24, 2.45) is 0 Å². The predicted molar refractivity (Wildman–Crippen MR) is 227 cm³/mol. The molecule has 52 heavy (non-hydrogen) atoms. The predicted octanol–water partition coefficient (Wildman–Crippen LogP) is 13.6. The largest absolute Gasteiger partial charge is 0.394 e. The maximum absolute atomic E-state index is 12.5. The van der Waals surface area contributed by atoms with E-state index in [1.54, 1.807) is 6.08 Å². The summed E-state index contributed by atoms with van der Waals surface area (Å²) in [5.74, 6) is -0.499. The number of hydrogen-bond donors (Lipinski definition) is 4. The second-order valence-corrected chi connectivity index (χ2v) is 16.3. The molecule has 0 rings (SSSR count). The minimum Gasteiger partial charge on any atom is -0.394 e. The summed E-state index contributed by atoms with van der Waals surface area (Å²) >= 11 is 0. The van der Waals surface area contributed by atoms with Gasteiger partial charge in [-0.15, -0.1) is 0 Å². The number of unbranched alkanes of at least 4 members (excludes halogenated alkanes) is 35. The number of hydrogen-bond acceptors (Lipinski definition) is 4. The van der Waals surface area contributed by atoms with Gasteiger partial charge in [0.1, 0.15) is 6.10 Å². The number of aliphatic hydroxyl groups is 3. The Morgan fingerprint density at radius 1 is 0.462 bits per heavy atom. The highest BCUT2D eigenvalue weighted by atomic mass is 16.3. The van der Waals surface area contributed by atoms with Gasteiger partial charge in [0.05, 0.1) is 18.8 Å². The molecule has 0 aromatic heterocycles. The monoisotopic (exact) mass is 736 g/mol. The van der Waals surface area contributed by atoms with E-state index in [0.717, 1.165) is 32.1 Å². The summed E-state index contributed by atoms with van der Waals surface area (Å²) in [5, 5.41) is 33.1. The Morgan fingerprint density at radius 2 is 0.750 bits per heavy atom. The van der Waals surface area contributed by atoms with Crippen LogP contribution in [0.2, 0.25) is 0 Å². The summed E-state index contributed by atoms with van der Waals surface area (Å²) in [6, 6.07) is -0.792. The van der Waals surface area contributed by atoms with E-state index in [-0.39, 0.29) is 6.61 Å². The van der Waals surface area contributed by atoms with Crippen molar-refractivity contribution in [3.8, 4) is 0 Å². The average Bonchev–Trinajstić information content (AvgIpc) is 3.15. The first kappa shape index (κ1) is 51.1. The number of allylic oxidation sites excluding steroid dienone is 1. The standard InChI is InChI=1S/C47H93NO4/c1-3-5-7-9-11-13-15-17-18-19-20-21-22-23-24-25-26-27-28-30-32-34-36-38-40-42-46(51)47(52)48-44(43-49)45(50)41-39-37-35-33-31-29-16-14-12-10-8-6-4-2/h39,41,44-46,49-51H,3-38,40,42-43H2,1-2H3,(H,48,52)/b41-39+/t44-,45+,46?/m0/s1. The van der Waals surface area contributed by atoms with E-state index >= 15 is 0 Å². The Hall–Kier alpha value is -0.910. The molecule has 1 unspecified atom stereocenters. The lowest BCUT2D eigenvalue weighted by Gasteiger charge is -2.21. The summed E-state index contributed by atoms with van der Waals surface area (Å²) < 4.78 is 0. The van der Waals surface area contributed by atoms with Crippen molar-refractivity contribution >= 4 is 5.91 Å². The lowest BCUT2D eigenvalue weighted by Crippen LogP contribution is -2.48. The quantitative estimate of drug-likeness (QED) is 0.0371. The van der Waals surface area contributed by atoms with E-state index in [4.69, 9.17) is 0 Å². The molecule has 5 heteroatoms. The highest BCUT2D eigenvalue weighted by Gasteiger charge is 2.22. The molecule has 0 aliphatic rings. The van der Waals surface area contributed by atoms with E-state index in [9.17, 15) is 20.1 Å². The second-order valence-electron chi connectivity index (χ2n) is 16.3. The number of carbonyl (C=O) groups excluding carboxylic acids is 1. The Kier molecular flexibility index (Phi) is 42.1. The Labute approximate surface area is 325 Å². The molecule has 0 saturated heterocycles. The minimum absolute atomic E-state index is 0.359. The van der Waals surface area contributed by atoms with Crippen LogP contribution < -0.4 is 5.32 Å². The molecule has 0 heterocycles. The normalized spacial score (nSPS) is 13.6. The van der Waals surface area contributed by atoms with Crippen molar-refractivity contribution in [2.75, 3.05) is 6.61 Å². The maximum atomic E-state index is 12.5. The first-order chi connectivity index (χ1) is 25.6. The van der Waals surface area contributed by atoms with Crippen molar-refractivity contribution in [1.82, 2.24) is 5.32 Å². The summed E-state index contributed by atoms with van der Waals surface area (Å²) in [6.45, 7) is 4.19. The van der Waals surface area contributed by atoms with Gasteiger partial charge >= 0.3 is 0 Å². The Bertz CT molecular complexity index is 728. The molecule has 0 radical (unpaired) electrons. The zero-order chi connectivity index (χ0) is 38.0. The SMILES string of the molecule is CCCCCCCCCCCCC/C=C/[C@@H](O)[C@H](CO)NC(=O)C(O)CCCCCCCCCCCCCCCCCCCCCCCCCCC. The molecule has 0 fully saturated rings. The van der Waals surface area contributed by atoms with Crippen molar-refractivity contribution in [2.45, 2.75) is 276 Å². The van der Waals surface area contributed by atoms with Crippen LogP contribution in [0, 0.1) is 0 Å². The highest BCUT2D eigenvalue weighted by Crippen LogP contribution is 2.17. The van der Waals surface area contributed by atoms with Crippen LogP contribution in [0.1, 0.15) is 258 Å². The number of carbonyl (C=O) groups is 1. The Morgan fingerprint density at radius 3 is 1.06 bits per heavy atom. The number of rotatable bonds is 43. The molecule has 3 atom stereocenters. The van der Waals surface area contributed by atoms with E-state index in [0.29, 0.717) is 6.42 Å². The maximum Gasteiger partial charge on any atom is 0.249 e. The van der Waals surface area contributed by atoms with Gasteiger partial charge in [-0.1, -0.05) is 251 Å². The van der Waals surface area contributed by atoms with Crippen LogP contribution in [0.25, 0.3) is 0 Å². The van der Waals surface area contributed by atoms with E-state index in [1.165, 1.54) is 205 Å². The van der Waals surface area contributed by atoms with E-state index in [1.807, 2.05) is 6.08 Å². The summed E-state index contributed by atoms with van der Waals surface area (Å²) in [5.41, 5.74) is 0. The van der Waals surface area contributed by atoms with Crippen LogP contribution >= 0.6 is 0 Å². The van der Waals surface area contributed by atoms with Crippen LogP contribution in [0.15, 0.2) is 12.2 Å². The Balaban J connectivity index is 3.55. The fourth-order valence-electron chi connectivity index (χ4n) is 7.42. The highest BCUT2D eigenvalue weighted by molar-refractivity contribution is 5.80. The molecular formula is C47H93NO4. The summed E-state index contributed by atoms with van der Waals surface area (Å²) in [6.07, 6.45) is 51.2. The van der Waals surface area contributed by atoms with Gasteiger partial charge in [0, 0.05) is 0 Å². The number of nitrogens with one attached hydrogen (secondary N) is 1. The molecule has 0 saturated carbocycles. The van der Waals surface area contributed by atoms with Crippen molar-refractivity contribution < 1.29 is 20.1 Å². The lowest BCUT2D eigenvalue weighted by atomic mass is 10.0. The van der Waals surface area contributed by atoms with Crippen LogP contribution in [0.5, 0.6) is 0 Å². The number of aliphatic hydroxyl groups excluding tert-OH is 3. The van der Waals surface area contributed by atoms with Crippen LogP contribution in [-0.4, -0.2) is 46.1 Å². The third-order valence-electron chi connectivity index (χ3n) is 11.1. The molecule has 0 aliphatic heterocycles. The molecule has 0 aliphatic carbocycles. The van der Waals surface area contributed by atoms with E-state index in [2.05, 4.69) is 19.2 Å². The second kappa shape index (κ2) is 42.8. The van der Waals surface area contributed by atoms with Crippen molar-refractivity contribution in [1.29, 1.82) is 0 Å². The first-order valence-electron chi connectivity index (χ1n) is 23.5. The molecule has 0 aromatic carbocycles. The van der Waals surface area contributed by atoms with Crippen molar-refractivity contribution in [3.63, 3.8) is 0 Å². The molecule has 4 N–H and O–H groups in total. The van der Waals surface area contributed by atoms with Gasteiger partial charge in [0.15, 0.2) is 0 Å². The topological polar surface area (TPSA) is 89.8 Å². The first-order valence-corrected chi connectivity index (χ1v) is 23.5. The van der Waals surface area contributed by atoms with Crippen molar-refractivity contribution in [3.05, 3.63) is 12.2 Å². The third-order valence-corrected chi connectivity index (χ3v) is 11.1. The van der Waals surface area contributed by atoms with Crippen LogP contribution in [0.3, 0.4) is 0 Å². The third kappa shape index (κ3) is 37.4. The van der Waals surface area contributed by atoms with Gasteiger partial charge in [0.2, 0.25) is 5.91 Å². The molecular weight excluding hydrogens is 643 g/mol. The molecule has 0 spiro atoms. The van der Waals surface area contributed by atoms with Gasteiger partial charge in [-0.2, -0.15) is 0 Å². The number of amides is 1. The molecule has 1 amide bonds. The van der Waals surface area contributed by atoms with E-state index < -0.39 is 24.2 Å². The smallest absolute Gasteiger partial charge is 0.249 e. The van der Waals surface area contributed by atoms with Gasteiger partial charge in [0.25, 0.3) is 0 Å².